The molecule has 0 aliphatic heterocycles. The van der Waals surface area contributed by atoms with Gasteiger partial charge in [-0.2, -0.15) is 9.78 Å². The number of hydrogen-bond acceptors (Lipinski definition) is 4. The molecule has 0 aliphatic carbocycles. The zero-order valence-electron chi connectivity index (χ0n) is 14.2. The molecule has 1 aromatic heterocycles. The summed E-state index contributed by atoms with van der Waals surface area (Å²) < 4.78 is 1.20. The van der Waals surface area contributed by atoms with Gasteiger partial charge in [-0.15, -0.1) is 0 Å². The predicted molar refractivity (Wildman–Crippen MR) is 98.4 cm³/mol. The van der Waals surface area contributed by atoms with Crippen molar-refractivity contribution in [2.24, 2.45) is 0 Å². The first-order valence-electron chi connectivity index (χ1n) is 8.24. The van der Waals surface area contributed by atoms with Crippen molar-refractivity contribution in [1.82, 2.24) is 20.4 Å². The molecular formula is C19H18N4O3. The lowest BCUT2D eigenvalue weighted by molar-refractivity contribution is -0.120. The summed E-state index contributed by atoms with van der Waals surface area (Å²) in [5.74, 6) is -0.807. The van der Waals surface area contributed by atoms with E-state index in [0.717, 1.165) is 0 Å². The summed E-state index contributed by atoms with van der Waals surface area (Å²) in [5, 5.41) is 10.2. The van der Waals surface area contributed by atoms with Crippen LogP contribution in [0.15, 0.2) is 59.4 Å². The molecule has 0 fully saturated rings. The summed E-state index contributed by atoms with van der Waals surface area (Å²) in [6.45, 7) is 2.12. The number of carbonyl (C=O) groups is 2. The molecule has 2 N–H and O–H groups in total. The molecule has 3 aromatic rings. The number of nitrogens with one attached hydrogen (secondary N) is 2. The Kier molecular flexibility index (Phi) is 5.07. The third kappa shape index (κ3) is 3.46. The second-order valence-corrected chi connectivity index (χ2v) is 5.58. The van der Waals surface area contributed by atoms with Gasteiger partial charge in [-0.05, 0) is 25.1 Å². The van der Waals surface area contributed by atoms with E-state index >= 15 is 0 Å². The lowest BCUT2D eigenvalue weighted by atomic mass is 10.1. The van der Waals surface area contributed by atoms with Crippen molar-refractivity contribution in [3.8, 4) is 5.69 Å². The Bertz CT molecular complexity index is 1010. The minimum absolute atomic E-state index is 0.0911. The summed E-state index contributed by atoms with van der Waals surface area (Å²) in [5.41, 5.74) is 0.335. The van der Waals surface area contributed by atoms with Crippen LogP contribution in [-0.2, 0) is 4.79 Å². The summed E-state index contributed by atoms with van der Waals surface area (Å²) >= 11 is 0. The first-order valence-corrected chi connectivity index (χ1v) is 8.24. The van der Waals surface area contributed by atoms with E-state index in [-0.39, 0.29) is 23.7 Å². The second kappa shape index (κ2) is 7.60. The summed E-state index contributed by atoms with van der Waals surface area (Å²) in [6.07, 6.45) is 0. The minimum atomic E-state index is -0.517. The van der Waals surface area contributed by atoms with E-state index in [9.17, 15) is 14.4 Å². The van der Waals surface area contributed by atoms with Crippen molar-refractivity contribution in [2.75, 3.05) is 13.1 Å². The van der Waals surface area contributed by atoms with Crippen LogP contribution in [0.4, 0.5) is 0 Å². The van der Waals surface area contributed by atoms with Gasteiger partial charge in [0.2, 0.25) is 5.91 Å². The van der Waals surface area contributed by atoms with E-state index in [1.165, 1.54) is 4.68 Å². The first-order chi connectivity index (χ1) is 12.6. The standard InChI is InChI=1S/C19H18N4O3/c1-2-20-16(24)12-21-18(25)17-14-10-6-7-11-15(14)19(26)23(22-17)13-8-4-3-5-9-13/h3-11H,2,12H2,1H3,(H,20,24)(H,21,25). The van der Waals surface area contributed by atoms with Crippen LogP contribution in [-0.4, -0.2) is 34.7 Å². The van der Waals surface area contributed by atoms with E-state index in [0.29, 0.717) is 23.0 Å². The SMILES string of the molecule is CCNC(=O)CNC(=O)c1nn(-c2ccccc2)c(=O)c2ccccc12. The molecule has 0 unspecified atom stereocenters. The van der Waals surface area contributed by atoms with Crippen LogP contribution < -0.4 is 16.2 Å². The number of carbonyl (C=O) groups excluding carboxylic acids is 2. The molecule has 26 heavy (non-hydrogen) atoms. The third-order valence-electron chi connectivity index (χ3n) is 3.80. The second-order valence-electron chi connectivity index (χ2n) is 5.58. The van der Waals surface area contributed by atoms with Gasteiger partial charge in [0.1, 0.15) is 0 Å². The van der Waals surface area contributed by atoms with E-state index in [1.807, 2.05) is 6.07 Å². The number of fused-ring (bicyclic) bond motifs is 1. The van der Waals surface area contributed by atoms with Gasteiger partial charge in [0, 0.05) is 11.9 Å². The molecule has 132 valence electrons. The van der Waals surface area contributed by atoms with Crippen molar-refractivity contribution in [3.05, 3.63) is 70.6 Å². The predicted octanol–water partition coefficient (Wildman–Crippen LogP) is 1.25. The number of rotatable bonds is 5. The van der Waals surface area contributed by atoms with Crippen LogP contribution in [0, 0.1) is 0 Å². The molecule has 7 heteroatoms. The number of benzene rings is 2. The first kappa shape index (κ1) is 17.3. The van der Waals surface area contributed by atoms with E-state index in [2.05, 4.69) is 15.7 Å². The van der Waals surface area contributed by atoms with Gasteiger partial charge >= 0.3 is 0 Å². The normalized spacial score (nSPS) is 10.5. The smallest absolute Gasteiger partial charge is 0.279 e. The van der Waals surface area contributed by atoms with Gasteiger partial charge < -0.3 is 10.6 Å². The van der Waals surface area contributed by atoms with Crippen LogP contribution in [0.3, 0.4) is 0 Å². The molecule has 7 nitrogen and oxygen atoms in total. The molecule has 0 spiro atoms. The molecule has 0 saturated carbocycles. The molecule has 0 atom stereocenters. The molecule has 0 aliphatic rings. The van der Waals surface area contributed by atoms with Gasteiger partial charge in [0.05, 0.1) is 17.6 Å². The van der Waals surface area contributed by atoms with Gasteiger partial charge in [-0.25, -0.2) is 0 Å². The molecule has 0 radical (unpaired) electrons. The van der Waals surface area contributed by atoms with Gasteiger partial charge in [-0.3, -0.25) is 14.4 Å². The number of para-hydroxylation sites is 1. The monoisotopic (exact) mass is 350 g/mol. The van der Waals surface area contributed by atoms with E-state index in [4.69, 9.17) is 0 Å². The molecular weight excluding hydrogens is 332 g/mol. The summed E-state index contributed by atoms with van der Waals surface area (Å²) in [4.78, 5) is 36.9. The number of amides is 2. The van der Waals surface area contributed by atoms with Crippen molar-refractivity contribution >= 4 is 22.6 Å². The topological polar surface area (TPSA) is 93.1 Å². The van der Waals surface area contributed by atoms with Crippen LogP contribution in [0.25, 0.3) is 16.5 Å². The number of nitrogens with zero attached hydrogens (tertiary/aromatic N) is 2. The lowest BCUT2D eigenvalue weighted by Crippen LogP contribution is -2.38. The Morgan fingerprint density at radius 3 is 2.31 bits per heavy atom. The molecule has 2 amide bonds. The number of hydrogen-bond donors (Lipinski definition) is 2. The van der Waals surface area contributed by atoms with Gasteiger partial charge in [0.25, 0.3) is 11.5 Å². The fraction of sp³-hybridized carbons (Fsp3) is 0.158. The highest BCUT2D eigenvalue weighted by atomic mass is 16.2. The van der Waals surface area contributed by atoms with Crippen LogP contribution in [0.2, 0.25) is 0 Å². The zero-order chi connectivity index (χ0) is 18.5. The Morgan fingerprint density at radius 1 is 0.962 bits per heavy atom. The average Bonchev–Trinajstić information content (AvgIpc) is 2.67. The van der Waals surface area contributed by atoms with Crippen molar-refractivity contribution in [2.45, 2.75) is 6.92 Å². The molecule has 2 aromatic carbocycles. The number of likely N-dealkylation sites (N-methyl/N-ethyl adjacent to an activating group) is 1. The van der Waals surface area contributed by atoms with Crippen LogP contribution >= 0.6 is 0 Å². The Labute approximate surface area is 149 Å². The van der Waals surface area contributed by atoms with Crippen LogP contribution in [0.1, 0.15) is 17.4 Å². The van der Waals surface area contributed by atoms with E-state index in [1.54, 1.807) is 55.5 Å². The average molecular weight is 350 g/mol. The Morgan fingerprint density at radius 2 is 1.62 bits per heavy atom. The zero-order valence-corrected chi connectivity index (χ0v) is 14.2. The maximum Gasteiger partial charge on any atom is 0.279 e. The molecule has 0 bridgehead atoms. The number of aromatic nitrogens is 2. The molecule has 1 heterocycles. The quantitative estimate of drug-likeness (QED) is 0.724. The lowest BCUT2D eigenvalue weighted by Gasteiger charge is -2.11. The van der Waals surface area contributed by atoms with Crippen molar-refractivity contribution < 1.29 is 9.59 Å². The van der Waals surface area contributed by atoms with Gasteiger partial charge in [-0.1, -0.05) is 36.4 Å². The van der Waals surface area contributed by atoms with Crippen LogP contribution in [0.5, 0.6) is 0 Å². The summed E-state index contributed by atoms with van der Waals surface area (Å²) in [6, 6.07) is 15.7. The van der Waals surface area contributed by atoms with Gasteiger partial charge in [0.15, 0.2) is 5.69 Å². The highest BCUT2D eigenvalue weighted by molar-refractivity contribution is 6.05. The highest BCUT2D eigenvalue weighted by Gasteiger charge is 2.17. The van der Waals surface area contributed by atoms with Crippen molar-refractivity contribution in [1.29, 1.82) is 0 Å². The fourth-order valence-corrected chi connectivity index (χ4v) is 2.61. The minimum Gasteiger partial charge on any atom is -0.355 e. The third-order valence-corrected chi connectivity index (χ3v) is 3.80. The fourth-order valence-electron chi connectivity index (χ4n) is 2.61. The van der Waals surface area contributed by atoms with Crippen molar-refractivity contribution in [3.63, 3.8) is 0 Å². The Balaban J connectivity index is 2.07. The highest BCUT2D eigenvalue weighted by Crippen LogP contribution is 2.15. The molecule has 3 rings (SSSR count). The largest absolute Gasteiger partial charge is 0.355 e. The van der Waals surface area contributed by atoms with E-state index < -0.39 is 5.91 Å². The summed E-state index contributed by atoms with van der Waals surface area (Å²) in [7, 11) is 0. The molecule has 0 saturated heterocycles. The maximum atomic E-state index is 12.8. The maximum absolute atomic E-state index is 12.8. The Hall–Kier alpha value is -3.48.